The van der Waals surface area contributed by atoms with Gasteiger partial charge in [-0.05, 0) is 12.1 Å². The van der Waals surface area contributed by atoms with Crippen molar-refractivity contribution in [3.05, 3.63) is 35.4 Å². The number of para-hydroxylation sites is 1. The highest BCUT2D eigenvalue weighted by atomic mass is 16.5. The number of hydrogen-bond acceptors (Lipinski definition) is 4. The van der Waals surface area contributed by atoms with Gasteiger partial charge in [-0.25, -0.2) is 4.79 Å². The molecule has 6 heteroatoms. The number of carboxylic acids is 1. The Kier molecular flexibility index (Phi) is 3.39. The fourth-order valence-electron chi connectivity index (χ4n) is 2.43. The topological polar surface area (TPSA) is 84.9 Å². The van der Waals surface area contributed by atoms with Gasteiger partial charge < -0.3 is 19.9 Å². The number of benzene rings is 1. The fourth-order valence-corrected chi connectivity index (χ4v) is 2.43. The standard InChI is InChI=1S/C15H15NO5/c17-13(16-15(14(18)19)5-6-20-9-15)11-7-10-3-1-2-4-12(10)21-8-11/h1-4,7H,5-6,8-9H2,(H,16,17)(H,18,19). The molecule has 0 aromatic heterocycles. The normalized spacial score (nSPS) is 23.7. The van der Waals surface area contributed by atoms with E-state index in [2.05, 4.69) is 5.32 Å². The van der Waals surface area contributed by atoms with Crippen LogP contribution in [0, 0.1) is 0 Å². The van der Waals surface area contributed by atoms with Gasteiger partial charge >= 0.3 is 5.97 Å². The van der Waals surface area contributed by atoms with Gasteiger partial charge in [0.05, 0.1) is 12.2 Å². The fraction of sp³-hybridized carbons (Fsp3) is 0.333. The van der Waals surface area contributed by atoms with Gasteiger partial charge in [-0.3, -0.25) is 4.79 Å². The summed E-state index contributed by atoms with van der Waals surface area (Å²) in [5.74, 6) is -0.797. The molecule has 110 valence electrons. The Bertz CT molecular complexity index is 616. The summed E-state index contributed by atoms with van der Waals surface area (Å²) < 4.78 is 10.6. The number of amides is 1. The Balaban J connectivity index is 1.80. The molecule has 0 spiro atoms. The van der Waals surface area contributed by atoms with Crippen molar-refractivity contribution in [1.29, 1.82) is 0 Å². The molecule has 2 aliphatic heterocycles. The lowest BCUT2D eigenvalue weighted by Gasteiger charge is -2.25. The predicted molar refractivity (Wildman–Crippen MR) is 73.9 cm³/mol. The molecule has 2 N–H and O–H groups in total. The van der Waals surface area contributed by atoms with Crippen molar-refractivity contribution in [3.63, 3.8) is 0 Å². The van der Waals surface area contributed by atoms with Crippen LogP contribution >= 0.6 is 0 Å². The van der Waals surface area contributed by atoms with Gasteiger partial charge in [-0.1, -0.05) is 18.2 Å². The van der Waals surface area contributed by atoms with E-state index in [4.69, 9.17) is 9.47 Å². The quantitative estimate of drug-likeness (QED) is 0.860. The van der Waals surface area contributed by atoms with Crippen molar-refractivity contribution >= 4 is 18.0 Å². The molecular formula is C15H15NO5. The summed E-state index contributed by atoms with van der Waals surface area (Å²) in [5.41, 5.74) is -0.128. The van der Waals surface area contributed by atoms with Crippen LogP contribution in [-0.4, -0.2) is 42.3 Å². The number of carbonyl (C=O) groups is 2. The van der Waals surface area contributed by atoms with Crippen LogP contribution in [0.25, 0.3) is 6.08 Å². The number of nitrogens with one attached hydrogen (secondary N) is 1. The van der Waals surface area contributed by atoms with Crippen LogP contribution in [0.15, 0.2) is 29.8 Å². The van der Waals surface area contributed by atoms with Gasteiger partial charge in [-0.2, -0.15) is 0 Å². The molecule has 2 aliphatic rings. The predicted octanol–water partition coefficient (Wildman–Crippen LogP) is 0.822. The minimum atomic E-state index is -1.34. The van der Waals surface area contributed by atoms with Crippen molar-refractivity contribution in [2.24, 2.45) is 0 Å². The summed E-state index contributed by atoms with van der Waals surface area (Å²) in [6.07, 6.45) is 1.98. The molecule has 1 atom stereocenters. The van der Waals surface area contributed by atoms with E-state index in [0.29, 0.717) is 17.9 Å². The SMILES string of the molecule is O=C(NC1(C(=O)O)CCOC1)C1=Cc2ccccc2OC1. The van der Waals surface area contributed by atoms with Gasteiger partial charge in [0.2, 0.25) is 0 Å². The average molecular weight is 289 g/mol. The first kappa shape index (κ1) is 13.6. The van der Waals surface area contributed by atoms with E-state index in [1.165, 1.54) is 0 Å². The number of aliphatic carboxylic acids is 1. The minimum Gasteiger partial charge on any atom is -0.488 e. The Morgan fingerprint density at radius 3 is 2.81 bits per heavy atom. The van der Waals surface area contributed by atoms with Crippen molar-refractivity contribution in [3.8, 4) is 5.75 Å². The molecule has 3 rings (SSSR count). The van der Waals surface area contributed by atoms with E-state index in [-0.39, 0.29) is 19.6 Å². The molecule has 1 fully saturated rings. The zero-order chi connectivity index (χ0) is 14.9. The van der Waals surface area contributed by atoms with E-state index in [1.807, 2.05) is 24.3 Å². The summed E-state index contributed by atoms with van der Waals surface area (Å²) >= 11 is 0. The molecule has 0 bridgehead atoms. The number of hydrogen-bond donors (Lipinski definition) is 2. The highest BCUT2D eigenvalue weighted by Gasteiger charge is 2.44. The number of carboxylic acid groups (broad SMARTS) is 1. The maximum Gasteiger partial charge on any atom is 0.331 e. The molecule has 2 heterocycles. The molecule has 1 saturated heterocycles. The van der Waals surface area contributed by atoms with E-state index in [1.54, 1.807) is 6.08 Å². The van der Waals surface area contributed by atoms with Crippen molar-refractivity contribution in [2.45, 2.75) is 12.0 Å². The molecule has 0 saturated carbocycles. The number of fused-ring (bicyclic) bond motifs is 1. The second kappa shape index (κ2) is 5.21. The minimum absolute atomic E-state index is 0.0151. The van der Waals surface area contributed by atoms with Gasteiger partial charge in [0, 0.05) is 18.6 Å². The molecule has 21 heavy (non-hydrogen) atoms. The molecule has 1 aromatic carbocycles. The van der Waals surface area contributed by atoms with Crippen LogP contribution in [0.5, 0.6) is 5.75 Å². The van der Waals surface area contributed by atoms with Crippen molar-refractivity contribution < 1.29 is 24.2 Å². The summed E-state index contributed by atoms with van der Waals surface area (Å²) in [4.78, 5) is 23.7. The zero-order valence-electron chi connectivity index (χ0n) is 11.3. The van der Waals surface area contributed by atoms with Crippen LogP contribution in [0.4, 0.5) is 0 Å². The lowest BCUT2D eigenvalue weighted by Crippen LogP contribution is -2.55. The Labute approximate surface area is 121 Å². The molecular weight excluding hydrogens is 274 g/mol. The largest absolute Gasteiger partial charge is 0.488 e. The zero-order valence-corrected chi connectivity index (χ0v) is 11.3. The maximum absolute atomic E-state index is 12.3. The second-order valence-electron chi connectivity index (χ2n) is 5.14. The highest BCUT2D eigenvalue weighted by molar-refractivity contribution is 6.01. The van der Waals surface area contributed by atoms with Gasteiger partial charge in [0.15, 0.2) is 5.54 Å². The van der Waals surface area contributed by atoms with E-state index < -0.39 is 17.4 Å². The Hall–Kier alpha value is -2.34. The highest BCUT2D eigenvalue weighted by Crippen LogP contribution is 2.26. The van der Waals surface area contributed by atoms with E-state index in [0.717, 1.165) is 5.56 Å². The third-order valence-corrected chi connectivity index (χ3v) is 3.71. The molecule has 1 aromatic rings. The monoisotopic (exact) mass is 289 g/mol. The molecule has 6 nitrogen and oxygen atoms in total. The van der Waals surface area contributed by atoms with Gasteiger partial charge in [-0.15, -0.1) is 0 Å². The summed E-state index contributed by atoms with van der Waals surface area (Å²) in [6.45, 7) is 0.434. The first-order valence-electron chi connectivity index (χ1n) is 6.67. The van der Waals surface area contributed by atoms with Gasteiger partial charge in [0.25, 0.3) is 5.91 Å². The second-order valence-corrected chi connectivity index (χ2v) is 5.14. The first-order chi connectivity index (χ1) is 10.1. The van der Waals surface area contributed by atoms with Crippen molar-refractivity contribution in [2.75, 3.05) is 19.8 Å². The average Bonchev–Trinajstić information content (AvgIpc) is 2.96. The third kappa shape index (κ3) is 2.50. The van der Waals surface area contributed by atoms with E-state index in [9.17, 15) is 14.7 Å². The molecule has 1 amide bonds. The first-order valence-corrected chi connectivity index (χ1v) is 6.67. The maximum atomic E-state index is 12.3. The van der Waals surface area contributed by atoms with Crippen LogP contribution in [0.1, 0.15) is 12.0 Å². The summed E-state index contributed by atoms with van der Waals surface area (Å²) in [6, 6.07) is 7.37. The Morgan fingerprint density at radius 1 is 1.29 bits per heavy atom. The molecule has 0 radical (unpaired) electrons. The van der Waals surface area contributed by atoms with Crippen LogP contribution in [0.3, 0.4) is 0 Å². The van der Waals surface area contributed by atoms with Crippen LogP contribution in [-0.2, 0) is 14.3 Å². The van der Waals surface area contributed by atoms with E-state index >= 15 is 0 Å². The van der Waals surface area contributed by atoms with Crippen LogP contribution in [0.2, 0.25) is 0 Å². The molecule has 0 aliphatic carbocycles. The van der Waals surface area contributed by atoms with Gasteiger partial charge in [0.1, 0.15) is 12.4 Å². The number of carbonyl (C=O) groups excluding carboxylic acids is 1. The lowest BCUT2D eigenvalue weighted by atomic mass is 9.97. The third-order valence-electron chi connectivity index (χ3n) is 3.71. The summed E-state index contributed by atoms with van der Waals surface area (Å²) in [5, 5.41) is 11.9. The summed E-state index contributed by atoms with van der Waals surface area (Å²) in [7, 11) is 0. The van der Waals surface area contributed by atoms with Crippen LogP contribution < -0.4 is 10.1 Å². The van der Waals surface area contributed by atoms with Crippen molar-refractivity contribution in [1.82, 2.24) is 5.32 Å². The number of rotatable bonds is 3. The number of ether oxygens (including phenoxy) is 2. The smallest absolute Gasteiger partial charge is 0.331 e. The Morgan fingerprint density at radius 2 is 2.10 bits per heavy atom. The lowest BCUT2D eigenvalue weighted by molar-refractivity contribution is -0.147. The molecule has 1 unspecified atom stereocenters.